The monoisotopic (exact) mass is 383 g/mol. The molecule has 2 fully saturated rings. The van der Waals surface area contributed by atoms with Crippen molar-refractivity contribution in [3.8, 4) is 0 Å². The number of hydrogen-bond donors (Lipinski definition) is 2. The zero-order valence-corrected chi connectivity index (χ0v) is 15.0. The molecule has 0 saturated heterocycles. The third-order valence-electron chi connectivity index (χ3n) is 6.16. The van der Waals surface area contributed by atoms with E-state index in [1.165, 1.54) is 12.1 Å². The van der Waals surface area contributed by atoms with Crippen molar-refractivity contribution in [3.63, 3.8) is 0 Å². The highest BCUT2D eigenvalue weighted by Crippen LogP contribution is 2.44. The van der Waals surface area contributed by atoms with Crippen molar-refractivity contribution in [2.24, 2.45) is 11.8 Å². The van der Waals surface area contributed by atoms with Crippen molar-refractivity contribution >= 4 is 11.9 Å². The number of halogens is 3. The Morgan fingerprint density at radius 1 is 1.11 bits per heavy atom. The van der Waals surface area contributed by atoms with Crippen molar-refractivity contribution in [1.82, 2.24) is 5.32 Å². The number of hydrogen-bond acceptors (Lipinski definition) is 2. The summed E-state index contributed by atoms with van der Waals surface area (Å²) >= 11 is 0. The molecule has 4 nitrogen and oxygen atoms in total. The van der Waals surface area contributed by atoms with Crippen LogP contribution in [0.15, 0.2) is 24.3 Å². The molecule has 1 amide bonds. The van der Waals surface area contributed by atoms with Crippen LogP contribution in [0.3, 0.4) is 0 Å². The highest BCUT2D eigenvalue weighted by Gasteiger charge is 2.41. The Morgan fingerprint density at radius 3 is 2.26 bits per heavy atom. The van der Waals surface area contributed by atoms with Crippen LogP contribution in [0.2, 0.25) is 0 Å². The van der Waals surface area contributed by atoms with Gasteiger partial charge in [-0.05, 0) is 50.2 Å². The Bertz CT molecular complexity index is 705. The van der Waals surface area contributed by atoms with Crippen molar-refractivity contribution in [2.45, 2.75) is 56.5 Å². The summed E-state index contributed by atoms with van der Waals surface area (Å²) in [5, 5.41) is 12.0. The molecule has 0 spiro atoms. The molecule has 2 saturated carbocycles. The molecular weight excluding hydrogens is 359 g/mol. The van der Waals surface area contributed by atoms with Gasteiger partial charge < -0.3 is 10.4 Å². The first-order valence-electron chi connectivity index (χ1n) is 9.39. The van der Waals surface area contributed by atoms with Gasteiger partial charge in [-0.15, -0.1) is 0 Å². The smallest absolute Gasteiger partial charge is 0.416 e. The largest absolute Gasteiger partial charge is 0.481 e. The second-order valence-corrected chi connectivity index (χ2v) is 7.82. The summed E-state index contributed by atoms with van der Waals surface area (Å²) in [6.45, 7) is 0.325. The van der Waals surface area contributed by atoms with E-state index < -0.39 is 23.1 Å². The van der Waals surface area contributed by atoms with E-state index in [9.17, 15) is 22.8 Å². The third-order valence-corrected chi connectivity index (χ3v) is 6.16. The van der Waals surface area contributed by atoms with Gasteiger partial charge in [0.15, 0.2) is 0 Å². The van der Waals surface area contributed by atoms with Crippen LogP contribution in [0.4, 0.5) is 13.2 Å². The minimum atomic E-state index is -4.38. The Balaban J connectivity index is 1.62. The van der Waals surface area contributed by atoms with E-state index in [4.69, 9.17) is 5.11 Å². The maximum absolute atomic E-state index is 13.0. The van der Waals surface area contributed by atoms with E-state index in [0.717, 1.165) is 25.3 Å². The molecule has 0 atom stereocenters. The molecule has 1 aromatic rings. The molecule has 0 unspecified atom stereocenters. The number of carboxylic acid groups (broad SMARTS) is 1. The standard InChI is InChI=1S/C20H24F3NO3/c21-20(22,23)16-4-1-3-15(11-16)19(9-2-10-19)12-24-17(25)13-5-7-14(8-6-13)18(26)27/h1,3-4,11,13-14H,2,5-10,12H2,(H,24,25)(H,26,27). The fraction of sp³-hybridized carbons (Fsp3) is 0.600. The van der Waals surface area contributed by atoms with E-state index in [0.29, 0.717) is 37.8 Å². The lowest BCUT2D eigenvalue weighted by Gasteiger charge is -2.43. The van der Waals surface area contributed by atoms with Gasteiger partial charge in [-0.2, -0.15) is 13.2 Å². The molecule has 7 heteroatoms. The number of amides is 1. The van der Waals surface area contributed by atoms with Crippen LogP contribution >= 0.6 is 0 Å². The van der Waals surface area contributed by atoms with Crippen LogP contribution in [0.5, 0.6) is 0 Å². The van der Waals surface area contributed by atoms with Crippen LogP contribution in [-0.2, 0) is 21.2 Å². The Morgan fingerprint density at radius 2 is 1.74 bits per heavy atom. The quantitative estimate of drug-likeness (QED) is 0.803. The minimum absolute atomic E-state index is 0.114. The fourth-order valence-corrected chi connectivity index (χ4v) is 4.20. The zero-order valence-electron chi connectivity index (χ0n) is 15.0. The molecule has 0 aromatic heterocycles. The van der Waals surface area contributed by atoms with Gasteiger partial charge >= 0.3 is 12.1 Å². The third kappa shape index (κ3) is 4.28. The van der Waals surface area contributed by atoms with Crippen LogP contribution in [0.1, 0.15) is 56.1 Å². The van der Waals surface area contributed by atoms with Crippen molar-refractivity contribution in [2.75, 3.05) is 6.54 Å². The summed E-state index contributed by atoms with van der Waals surface area (Å²) < 4.78 is 39.0. The van der Waals surface area contributed by atoms with Crippen molar-refractivity contribution in [3.05, 3.63) is 35.4 Å². The minimum Gasteiger partial charge on any atom is -0.481 e. The van der Waals surface area contributed by atoms with E-state index in [2.05, 4.69) is 5.32 Å². The molecule has 1 aromatic carbocycles. The topological polar surface area (TPSA) is 66.4 Å². The molecule has 0 radical (unpaired) electrons. The van der Waals surface area contributed by atoms with Gasteiger partial charge in [0.05, 0.1) is 11.5 Å². The van der Waals surface area contributed by atoms with E-state index in [1.807, 2.05) is 0 Å². The van der Waals surface area contributed by atoms with Crippen LogP contribution < -0.4 is 5.32 Å². The molecule has 27 heavy (non-hydrogen) atoms. The average Bonchev–Trinajstić information content (AvgIpc) is 2.60. The van der Waals surface area contributed by atoms with Gasteiger partial charge in [-0.3, -0.25) is 9.59 Å². The van der Waals surface area contributed by atoms with Crippen molar-refractivity contribution < 1.29 is 27.9 Å². The summed E-state index contributed by atoms with van der Waals surface area (Å²) in [5.74, 6) is -1.51. The number of rotatable bonds is 5. The number of nitrogens with one attached hydrogen (secondary N) is 1. The molecular formula is C20H24F3NO3. The highest BCUT2D eigenvalue weighted by molar-refractivity contribution is 5.79. The summed E-state index contributed by atoms with van der Waals surface area (Å²) in [6, 6.07) is 5.39. The van der Waals surface area contributed by atoms with Crippen LogP contribution in [-0.4, -0.2) is 23.5 Å². The van der Waals surface area contributed by atoms with E-state index in [1.54, 1.807) is 6.07 Å². The molecule has 3 rings (SSSR count). The zero-order chi connectivity index (χ0) is 19.7. The number of carbonyl (C=O) groups excluding carboxylic acids is 1. The summed E-state index contributed by atoms with van der Waals surface area (Å²) in [6.07, 6.45) is 0.112. The Labute approximate surface area is 156 Å². The maximum atomic E-state index is 13.0. The van der Waals surface area contributed by atoms with Gasteiger partial charge in [-0.1, -0.05) is 24.6 Å². The SMILES string of the molecule is O=C(O)C1CCC(C(=O)NCC2(c3cccc(C(F)(F)F)c3)CCC2)CC1. The van der Waals surface area contributed by atoms with E-state index >= 15 is 0 Å². The maximum Gasteiger partial charge on any atom is 0.416 e. The Hall–Kier alpha value is -2.05. The molecule has 2 aliphatic rings. The first-order chi connectivity index (χ1) is 12.7. The van der Waals surface area contributed by atoms with Gasteiger partial charge in [0, 0.05) is 17.9 Å². The highest BCUT2D eigenvalue weighted by atomic mass is 19.4. The lowest BCUT2D eigenvalue weighted by Crippen LogP contribution is -2.47. The number of benzene rings is 1. The van der Waals surface area contributed by atoms with Gasteiger partial charge in [0.25, 0.3) is 0 Å². The molecule has 2 aliphatic carbocycles. The van der Waals surface area contributed by atoms with Crippen molar-refractivity contribution in [1.29, 1.82) is 0 Å². The number of aliphatic carboxylic acids is 1. The first-order valence-corrected chi connectivity index (χ1v) is 9.39. The lowest BCUT2D eigenvalue weighted by molar-refractivity contribution is -0.144. The number of carboxylic acids is 1. The lowest BCUT2D eigenvalue weighted by atomic mass is 9.64. The fourth-order valence-electron chi connectivity index (χ4n) is 4.20. The van der Waals surface area contributed by atoms with Crippen LogP contribution in [0.25, 0.3) is 0 Å². The molecule has 0 heterocycles. The van der Waals surface area contributed by atoms with Gasteiger partial charge in [0.2, 0.25) is 5.91 Å². The predicted molar refractivity (Wildman–Crippen MR) is 93.1 cm³/mol. The Kier molecular flexibility index (Phi) is 5.49. The summed E-state index contributed by atoms with van der Waals surface area (Å²) in [4.78, 5) is 23.5. The second-order valence-electron chi connectivity index (χ2n) is 7.82. The predicted octanol–water partition coefficient (Wildman–Crippen LogP) is 4.13. The molecule has 148 valence electrons. The van der Waals surface area contributed by atoms with Crippen LogP contribution in [0, 0.1) is 11.8 Å². The van der Waals surface area contributed by atoms with Gasteiger partial charge in [-0.25, -0.2) is 0 Å². The number of carbonyl (C=O) groups is 2. The normalized spacial score (nSPS) is 24.7. The molecule has 0 aliphatic heterocycles. The summed E-state index contributed by atoms with van der Waals surface area (Å²) in [7, 11) is 0. The molecule has 2 N–H and O–H groups in total. The van der Waals surface area contributed by atoms with E-state index in [-0.39, 0.29) is 17.7 Å². The second kappa shape index (κ2) is 7.52. The molecule has 0 bridgehead atoms. The summed E-state index contributed by atoms with van der Waals surface area (Å²) in [5.41, 5.74) is -0.474. The average molecular weight is 383 g/mol. The first kappa shape index (κ1) is 19.7. The van der Waals surface area contributed by atoms with Gasteiger partial charge in [0.1, 0.15) is 0 Å². The number of alkyl halides is 3.